The van der Waals surface area contributed by atoms with Crippen molar-refractivity contribution in [2.45, 2.75) is 44.1 Å². The lowest BCUT2D eigenvalue weighted by Gasteiger charge is -2.67. The van der Waals surface area contributed by atoms with Gasteiger partial charge in [-0.1, -0.05) is 40.6 Å². The Bertz CT molecular complexity index is 789. The van der Waals surface area contributed by atoms with Gasteiger partial charge in [-0.2, -0.15) is 0 Å². The first kappa shape index (κ1) is 18.1. The summed E-state index contributed by atoms with van der Waals surface area (Å²) in [5.74, 6) is 0.751. The van der Waals surface area contributed by atoms with Crippen molar-refractivity contribution < 1.29 is 15.2 Å². The van der Waals surface area contributed by atoms with Crippen LogP contribution in [0.3, 0.4) is 0 Å². The van der Waals surface area contributed by atoms with Crippen molar-refractivity contribution in [1.82, 2.24) is 4.90 Å². The highest BCUT2D eigenvalue weighted by atomic mass is 16.5. The number of rotatable bonds is 3. The smallest absolute Gasteiger partial charge is 0.0654 e. The van der Waals surface area contributed by atoms with Gasteiger partial charge in [0.25, 0.3) is 0 Å². The largest absolute Gasteiger partial charge is 0.411 e. The van der Waals surface area contributed by atoms with E-state index < -0.39 is 0 Å². The summed E-state index contributed by atoms with van der Waals surface area (Å²) in [6, 6.07) is 10.5. The second-order valence-electron chi connectivity index (χ2n) is 9.04. The topological polar surface area (TPSA) is 77.7 Å². The highest BCUT2D eigenvalue weighted by Crippen LogP contribution is 2.63. The zero-order valence-corrected chi connectivity index (χ0v) is 16.3. The lowest BCUT2D eigenvalue weighted by molar-refractivity contribution is -0.114. The predicted molar refractivity (Wildman–Crippen MR) is 106 cm³/mol. The molecule has 4 bridgehead atoms. The van der Waals surface area contributed by atoms with Crippen LogP contribution in [0.25, 0.3) is 0 Å². The zero-order chi connectivity index (χ0) is 19.2. The molecule has 4 aliphatic carbocycles. The third-order valence-electron chi connectivity index (χ3n) is 7.99. The number of morpholine rings is 1. The molecule has 4 unspecified atom stereocenters. The molecule has 5 aliphatic rings. The molecular weight excluding hydrogens is 354 g/mol. The number of oxime groups is 2. The molecule has 28 heavy (non-hydrogen) atoms. The number of benzene rings is 1. The van der Waals surface area contributed by atoms with Gasteiger partial charge in [-0.25, -0.2) is 0 Å². The van der Waals surface area contributed by atoms with Gasteiger partial charge in [0.15, 0.2) is 0 Å². The molecule has 0 spiro atoms. The summed E-state index contributed by atoms with van der Waals surface area (Å²) in [6.45, 7) is 3.29. The molecule has 6 rings (SSSR count). The Labute approximate surface area is 165 Å². The van der Waals surface area contributed by atoms with Crippen LogP contribution in [0.4, 0.5) is 0 Å². The molecule has 150 valence electrons. The molecule has 0 amide bonds. The minimum absolute atomic E-state index is 0.0937. The zero-order valence-electron chi connectivity index (χ0n) is 16.3. The first-order valence-corrected chi connectivity index (χ1v) is 10.5. The van der Waals surface area contributed by atoms with Crippen molar-refractivity contribution in [1.29, 1.82) is 0 Å². The van der Waals surface area contributed by atoms with E-state index in [0.717, 1.165) is 76.3 Å². The van der Waals surface area contributed by atoms with Crippen molar-refractivity contribution in [3.63, 3.8) is 0 Å². The van der Waals surface area contributed by atoms with Crippen LogP contribution in [-0.4, -0.2) is 58.6 Å². The lowest BCUT2D eigenvalue weighted by atomic mass is 9.42. The first-order chi connectivity index (χ1) is 13.7. The van der Waals surface area contributed by atoms with Crippen LogP contribution in [0.1, 0.15) is 37.7 Å². The molecule has 5 fully saturated rings. The summed E-state index contributed by atoms with van der Waals surface area (Å²) < 4.78 is 5.62. The molecule has 4 atom stereocenters. The van der Waals surface area contributed by atoms with Gasteiger partial charge in [0.05, 0.1) is 24.6 Å². The molecule has 1 aromatic rings. The molecule has 0 aromatic heterocycles. The van der Waals surface area contributed by atoms with Crippen LogP contribution in [-0.2, 0) is 11.2 Å². The van der Waals surface area contributed by atoms with Gasteiger partial charge >= 0.3 is 0 Å². The van der Waals surface area contributed by atoms with E-state index in [1.807, 2.05) is 6.07 Å². The normalized spacial score (nSPS) is 40.9. The summed E-state index contributed by atoms with van der Waals surface area (Å²) in [4.78, 5) is 2.56. The Balaban J connectivity index is 1.58. The fraction of sp³-hybridized carbons (Fsp3) is 0.636. The third kappa shape index (κ3) is 2.54. The summed E-state index contributed by atoms with van der Waals surface area (Å²) in [7, 11) is 0. The van der Waals surface area contributed by atoms with Crippen LogP contribution in [0.5, 0.6) is 0 Å². The van der Waals surface area contributed by atoms with Gasteiger partial charge in [-0.15, -0.1) is 0 Å². The molecule has 6 nitrogen and oxygen atoms in total. The molecule has 1 heterocycles. The van der Waals surface area contributed by atoms with Crippen LogP contribution < -0.4 is 0 Å². The summed E-state index contributed by atoms with van der Waals surface area (Å²) in [5.41, 5.74) is 2.93. The van der Waals surface area contributed by atoms with Gasteiger partial charge in [-0.05, 0) is 43.6 Å². The number of hydrogen-bond acceptors (Lipinski definition) is 6. The van der Waals surface area contributed by atoms with Crippen LogP contribution >= 0.6 is 0 Å². The van der Waals surface area contributed by atoms with Crippen molar-refractivity contribution in [3.05, 3.63) is 35.9 Å². The number of ether oxygens (including phenoxy) is 1. The van der Waals surface area contributed by atoms with Crippen LogP contribution in [0.15, 0.2) is 40.6 Å². The molecule has 1 aromatic carbocycles. The van der Waals surface area contributed by atoms with E-state index in [-0.39, 0.29) is 16.9 Å². The number of nitrogens with zero attached hydrogens (tertiary/aromatic N) is 3. The lowest BCUT2D eigenvalue weighted by Crippen LogP contribution is -2.74. The molecule has 6 heteroatoms. The standard InChI is InChI=1S/C22H29N3O3/c26-23-19-7-6-17-13-21(12-16-4-2-1-3-5-16)14-18(19)22(17,15-20(21)24-27)25-8-10-28-11-9-25/h1-5,17-18,26-27H,6-15H2/b23-19+,24-20-. The van der Waals surface area contributed by atoms with E-state index in [4.69, 9.17) is 4.74 Å². The molecule has 0 radical (unpaired) electrons. The minimum atomic E-state index is -0.143. The molecule has 4 saturated carbocycles. The van der Waals surface area contributed by atoms with E-state index >= 15 is 0 Å². The molecular formula is C22H29N3O3. The first-order valence-electron chi connectivity index (χ1n) is 10.5. The highest BCUT2D eigenvalue weighted by molar-refractivity contribution is 5.98. The third-order valence-corrected chi connectivity index (χ3v) is 7.99. The van der Waals surface area contributed by atoms with E-state index in [9.17, 15) is 10.4 Å². The molecule has 1 aliphatic heterocycles. The average Bonchev–Trinajstić information content (AvgIpc) is 2.75. The Morgan fingerprint density at radius 2 is 1.86 bits per heavy atom. The van der Waals surface area contributed by atoms with E-state index in [1.165, 1.54) is 5.56 Å². The summed E-state index contributed by atoms with van der Waals surface area (Å²) in [6.07, 6.45) is 5.53. The Kier molecular flexibility index (Phi) is 4.43. The molecule has 2 N–H and O–H groups in total. The SMILES string of the molecule is O/N=C1/CC2(N3CCOCC3)C3CC/C(=N\O)C2CC1(Cc1ccccc1)C3. The Morgan fingerprint density at radius 3 is 2.57 bits per heavy atom. The number of fused-ring (bicyclic) bond motifs is 1. The van der Waals surface area contributed by atoms with Crippen molar-refractivity contribution >= 4 is 11.4 Å². The number of hydrogen-bond donors (Lipinski definition) is 2. The van der Waals surface area contributed by atoms with E-state index in [0.29, 0.717) is 5.92 Å². The van der Waals surface area contributed by atoms with E-state index in [2.05, 4.69) is 39.5 Å². The minimum Gasteiger partial charge on any atom is -0.411 e. The fourth-order valence-electron chi connectivity index (χ4n) is 6.86. The van der Waals surface area contributed by atoms with Gasteiger partial charge in [-0.3, -0.25) is 4.90 Å². The second kappa shape index (κ2) is 6.85. The van der Waals surface area contributed by atoms with Crippen LogP contribution in [0.2, 0.25) is 0 Å². The van der Waals surface area contributed by atoms with Gasteiger partial charge < -0.3 is 15.2 Å². The second-order valence-corrected chi connectivity index (χ2v) is 9.04. The fourth-order valence-corrected chi connectivity index (χ4v) is 6.86. The average molecular weight is 383 g/mol. The summed E-state index contributed by atoms with van der Waals surface area (Å²) >= 11 is 0. The monoisotopic (exact) mass is 383 g/mol. The van der Waals surface area contributed by atoms with Crippen LogP contribution in [0, 0.1) is 17.3 Å². The Hall–Kier alpha value is -1.92. The Morgan fingerprint density at radius 1 is 1.07 bits per heavy atom. The van der Waals surface area contributed by atoms with Gasteiger partial charge in [0, 0.05) is 36.4 Å². The van der Waals surface area contributed by atoms with Crippen molar-refractivity contribution in [3.8, 4) is 0 Å². The quantitative estimate of drug-likeness (QED) is 0.621. The maximum Gasteiger partial charge on any atom is 0.0654 e. The summed E-state index contributed by atoms with van der Waals surface area (Å²) in [5, 5.41) is 27.5. The van der Waals surface area contributed by atoms with Gasteiger partial charge in [0.2, 0.25) is 0 Å². The molecule has 1 saturated heterocycles. The van der Waals surface area contributed by atoms with E-state index in [1.54, 1.807) is 0 Å². The predicted octanol–water partition coefficient (Wildman–Crippen LogP) is 3.17. The van der Waals surface area contributed by atoms with Crippen molar-refractivity contribution in [2.75, 3.05) is 26.3 Å². The highest BCUT2D eigenvalue weighted by Gasteiger charge is 2.67. The maximum atomic E-state index is 10.0. The van der Waals surface area contributed by atoms with Gasteiger partial charge in [0.1, 0.15) is 0 Å². The maximum absolute atomic E-state index is 10.0. The van der Waals surface area contributed by atoms with Crippen molar-refractivity contribution in [2.24, 2.45) is 27.6 Å².